The molecule has 0 spiro atoms. The molecule has 0 atom stereocenters. The third kappa shape index (κ3) is 6.07. The molecule has 2 aromatic carbocycles. The Kier molecular flexibility index (Phi) is 7.20. The molecule has 25 heavy (non-hydrogen) atoms. The number of carboxylic acids is 1. The molecular weight excluding hydrogens is 316 g/mol. The molecule has 0 saturated carbocycles. The first-order chi connectivity index (χ1) is 12.1. The van der Waals surface area contributed by atoms with Crippen LogP contribution >= 0.6 is 0 Å². The van der Waals surface area contributed by atoms with Gasteiger partial charge in [0.15, 0.2) is 0 Å². The van der Waals surface area contributed by atoms with Crippen LogP contribution in [0.25, 0.3) is 0 Å². The third-order valence-corrected chi connectivity index (χ3v) is 3.99. The molecule has 0 aliphatic heterocycles. The first-order valence-electron chi connectivity index (χ1n) is 8.71. The van der Waals surface area contributed by atoms with Crippen LogP contribution in [0.4, 0.5) is 0 Å². The normalized spacial score (nSPS) is 10.4. The number of benzene rings is 2. The number of hydrogen-bond donors (Lipinski definition) is 1. The zero-order valence-electron chi connectivity index (χ0n) is 14.5. The molecule has 0 unspecified atom stereocenters. The maximum Gasteiger partial charge on any atom is 0.343 e. The van der Waals surface area contributed by atoms with E-state index in [-0.39, 0.29) is 12.4 Å². The number of para-hydroxylation sites is 1. The first kappa shape index (κ1) is 18.7. The number of ether oxygens (including phenoxy) is 1. The van der Waals surface area contributed by atoms with Crippen molar-refractivity contribution in [3.8, 4) is 5.75 Å². The van der Waals surface area contributed by atoms with Crippen molar-refractivity contribution in [2.45, 2.75) is 45.4 Å². The second kappa shape index (κ2) is 9.62. The van der Waals surface area contributed by atoms with Crippen molar-refractivity contribution in [3.63, 3.8) is 0 Å². The van der Waals surface area contributed by atoms with Crippen molar-refractivity contribution in [2.24, 2.45) is 0 Å². The summed E-state index contributed by atoms with van der Waals surface area (Å²) < 4.78 is 5.55. The number of unbranched alkanes of at least 4 members (excludes halogenated alkanes) is 1. The first-order valence-corrected chi connectivity index (χ1v) is 8.71. The van der Waals surface area contributed by atoms with Crippen LogP contribution in [0.5, 0.6) is 5.75 Å². The number of rotatable bonds is 9. The van der Waals surface area contributed by atoms with Gasteiger partial charge in [0, 0.05) is 6.42 Å². The molecule has 4 heteroatoms. The van der Waals surface area contributed by atoms with Gasteiger partial charge in [0.1, 0.15) is 5.75 Å². The van der Waals surface area contributed by atoms with E-state index in [9.17, 15) is 9.59 Å². The maximum atomic E-state index is 12.4. The summed E-state index contributed by atoms with van der Waals surface area (Å²) in [7, 11) is 0. The standard InChI is InChI=1S/C21H24O4/c1-2-7-16-12-14-18(15-13-16)21(24)25-19-10-5-3-8-17(19)9-4-6-11-20(22)23/h3,5,8,10,12-15H,2,4,6-7,9,11H2,1H3,(H,22,23). The Bertz CT molecular complexity index is 704. The fourth-order valence-electron chi connectivity index (χ4n) is 2.66. The smallest absolute Gasteiger partial charge is 0.343 e. The van der Waals surface area contributed by atoms with Crippen LogP contribution in [-0.4, -0.2) is 17.0 Å². The van der Waals surface area contributed by atoms with E-state index in [0.717, 1.165) is 24.8 Å². The SMILES string of the molecule is CCCc1ccc(C(=O)Oc2ccccc2CCCCC(=O)O)cc1. The summed E-state index contributed by atoms with van der Waals surface area (Å²) >= 11 is 0. The highest BCUT2D eigenvalue weighted by molar-refractivity contribution is 5.91. The number of aryl methyl sites for hydroxylation is 2. The lowest BCUT2D eigenvalue weighted by molar-refractivity contribution is -0.137. The summed E-state index contributed by atoms with van der Waals surface area (Å²) in [6.45, 7) is 2.12. The molecule has 2 aromatic rings. The van der Waals surface area contributed by atoms with E-state index in [4.69, 9.17) is 9.84 Å². The Labute approximate surface area is 148 Å². The Balaban J connectivity index is 1.99. The van der Waals surface area contributed by atoms with Crippen LogP contribution in [0, 0.1) is 0 Å². The van der Waals surface area contributed by atoms with E-state index in [1.54, 1.807) is 18.2 Å². The topological polar surface area (TPSA) is 63.6 Å². The number of carboxylic acid groups (broad SMARTS) is 1. The molecule has 132 valence electrons. The summed E-state index contributed by atoms with van der Waals surface area (Å²) in [6.07, 6.45) is 4.26. The van der Waals surface area contributed by atoms with Gasteiger partial charge in [-0.2, -0.15) is 0 Å². The van der Waals surface area contributed by atoms with Crippen molar-refractivity contribution in [3.05, 3.63) is 65.2 Å². The summed E-state index contributed by atoms with van der Waals surface area (Å²) in [5.74, 6) is -0.618. The minimum absolute atomic E-state index is 0.159. The van der Waals surface area contributed by atoms with Crippen LogP contribution in [0.2, 0.25) is 0 Å². The molecule has 0 aliphatic rings. The molecule has 0 heterocycles. The van der Waals surface area contributed by atoms with E-state index in [1.807, 2.05) is 30.3 Å². The van der Waals surface area contributed by atoms with Crippen LogP contribution in [0.3, 0.4) is 0 Å². The molecule has 0 aromatic heterocycles. The zero-order chi connectivity index (χ0) is 18.1. The van der Waals surface area contributed by atoms with Crippen molar-refractivity contribution < 1.29 is 19.4 Å². The Hall–Kier alpha value is -2.62. The van der Waals surface area contributed by atoms with E-state index in [0.29, 0.717) is 24.2 Å². The monoisotopic (exact) mass is 340 g/mol. The molecule has 0 saturated heterocycles. The van der Waals surface area contributed by atoms with Crippen LogP contribution in [0.1, 0.15) is 54.1 Å². The van der Waals surface area contributed by atoms with Crippen molar-refractivity contribution in [1.29, 1.82) is 0 Å². The summed E-state index contributed by atoms with van der Waals surface area (Å²) in [5, 5.41) is 8.69. The summed E-state index contributed by atoms with van der Waals surface area (Å²) in [6, 6.07) is 14.9. The molecular formula is C21H24O4. The molecule has 0 fully saturated rings. The summed E-state index contributed by atoms with van der Waals surface area (Å²) in [4.78, 5) is 22.9. The highest BCUT2D eigenvalue weighted by atomic mass is 16.5. The number of carbonyl (C=O) groups is 2. The molecule has 0 amide bonds. The molecule has 2 rings (SSSR count). The van der Waals surface area contributed by atoms with Gasteiger partial charge in [0.2, 0.25) is 0 Å². The van der Waals surface area contributed by atoms with Gasteiger partial charge in [-0.15, -0.1) is 0 Å². The van der Waals surface area contributed by atoms with Gasteiger partial charge < -0.3 is 9.84 Å². The molecule has 0 radical (unpaired) electrons. The van der Waals surface area contributed by atoms with Gasteiger partial charge >= 0.3 is 11.9 Å². The fourth-order valence-corrected chi connectivity index (χ4v) is 2.66. The lowest BCUT2D eigenvalue weighted by Crippen LogP contribution is -2.10. The Morgan fingerprint density at radius 3 is 2.36 bits per heavy atom. The number of esters is 1. The lowest BCUT2D eigenvalue weighted by Gasteiger charge is -2.10. The highest BCUT2D eigenvalue weighted by Gasteiger charge is 2.11. The highest BCUT2D eigenvalue weighted by Crippen LogP contribution is 2.22. The summed E-state index contributed by atoms with van der Waals surface area (Å²) in [5.41, 5.74) is 2.65. The lowest BCUT2D eigenvalue weighted by atomic mass is 10.1. The van der Waals surface area contributed by atoms with Gasteiger partial charge in [-0.1, -0.05) is 43.7 Å². The molecule has 4 nitrogen and oxygen atoms in total. The van der Waals surface area contributed by atoms with Crippen LogP contribution in [-0.2, 0) is 17.6 Å². The molecule has 0 bridgehead atoms. The van der Waals surface area contributed by atoms with Gasteiger partial charge in [-0.25, -0.2) is 4.79 Å². The quantitative estimate of drug-likeness (QED) is 0.410. The Morgan fingerprint density at radius 1 is 0.960 bits per heavy atom. The van der Waals surface area contributed by atoms with Gasteiger partial charge in [-0.3, -0.25) is 4.79 Å². The predicted octanol–water partition coefficient (Wildman–Crippen LogP) is 4.66. The maximum absolute atomic E-state index is 12.4. The predicted molar refractivity (Wildman–Crippen MR) is 97.0 cm³/mol. The van der Waals surface area contributed by atoms with Crippen molar-refractivity contribution in [2.75, 3.05) is 0 Å². The van der Waals surface area contributed by atoms with Gasteiger partial charge in [0.25, 0.3) is 0 Å². The van der Waals surface area contributed by atoms with E-state index >= 15 is 0 Å². The van der Waals surface area contributed by atoms with Crippen LogP contribution < -0.4 is 4.74 Å². The van der Waals surface area contributed by atoms with Gasteiger partial charge in [-0.05, 0) is 55.0 Å². The third-order valence-electron chi connectivity index (χ3n) is 3.99. The second-order valence-electron chi connectivity index (χ2n) is 6.05. The van der Waals surface area contributed by atoms with Crippen molar-refractivity contribution in [1.82, 2.24) is 0 Å². The number of hydrogen-bond acceptors (Lipinski definition) is 3. The van der Waals surface area contributed by atoms with E-state index in [1.165, 1.54) is 5.56 Å². The van der Waals surface area contributed by atoms with Gasteiger partial charge in [0.05, 0.1) is 5.56 Å². The number of carbonyl (C=O) groups excluding carboxylic acids is 1. The molecule has 0 aliphatic carbocycles. The minimum atomic E-state index is -0.786. The molecule has 1 N–H and O–H groups in total. The van der Waals surface area contributed by atoms with Crippen molar-refractivity contribution >= 4 is 11.9 Å². The van der Waals surface area contributed by atoms with E-state index < -0.39 is 5.97 Å². The second-order valence-corrected chi connectivity index (χ2v) is 6.05. The Morgan fingerprint density at radius 2 is 1.68 bits per heavy atom. The van der Waals surface area contributed by atoms with E-state index in [2.05, 4.69) is 6.92 Å². The van der Waals surface area contributed by atoms with Crippen LogP contribution in [0.15, 0.2) is 48.5 Å². The zero-order valence-corrected chi connectivity index (χ0v) is 14.5. The largest absolute Gasteiger partial charge is 0.481 e. The minimum Gasteiger partial charge on any atom is -0.481 e. The number of aliphatic carboxylic acids is 1. The average molecular weight is 340 g/mol. The fraction of sp³-hybridized carbons (Fsp3) is 0.333. The average Bonchev–Trinajstić information content (AvgIpc) is 2.60.